The molecule has 7 nitrogen and oxygen atoms in total. The largest absolute Gasteiger partial charge is 0.484 e. The van der Waals surface area contributed by atoms with Crippen LogP contribution in [0.5, 0.6) is 5.75 Å². The van der Waals surface area contributed by atoms with Gasteiger partial charge < -0.3 is 19.5 Å². The fourth-order valence-electron chi connectivity index (χ4n) is 2.60. The van der Waals surface area contributed by atoms with Gasteiger partial charge >= 0.3 is 0 Å². The quantitative estimate of drug-likeness (QED) is 0.732. The van der Waals surface area contributed by atoms with Crippen molar-refractivity contribution < 1.29 is 18.8 Å². The van der Waals surface area contributed by atoms with Crippen LogP contribution in [0.1, 0.15) is 42.9 Å². The summed E-state index contributed by atoms with van der Waals surface area (Å²) in [7, 11) is 0. The zero-order valence-electron chi connectivity index (χ0n) is 15.7. The molecule has 0 aliphatic heterocycles. The van der Waals surface area contributed by atoms with Gasteiger partial charge in [0, 0.05) is 18.7 Å². The zero-order valence-corrected chi connectivity index (χ0v) is 15.7. The van der Waals surface area contributed by atoms with Crippen LogP contribution in [0.4, 0.5) is 0 Å². The topological polar surface area (TPSA) is 84.7 Å². The summed E-state index contributed by atoms with van der Waals surface area (Å²) in [6, 6.07) is 11.0. The van der Waals surface area contributed by atoms with E-state index < -0.39 is 0 Å². The standard InChI is InChI=1S/C20H25N3O4/c1-14(2)11-21-20(25)18-10-17(27-22-18)12-23(15-8-9-15)19(24)13-26-16-6-4-3-5-7-16/h3-7,10,14-15H,8-9,11-13H2,1-2H3,(H,21,25). The van der Waals surface area contributed by atoms with E-state index in [1.807, 2.05) is 44.2 Å². The highest BCUT2D eigenvalue weighted by atomic mass is 16.5. The average molecular weight is 371 g/mol. The maximum absolute atomic E-state index is 12.6. The fourth-order valence-corrected chi connectivity index (χ4v) is 2.60. The number of para-hydroxylation sites is 1. The molecule has 27 heavy (non-hydrogen) atoms. The molecule has 0 unspecified atom stereocenters. The first-order valence-corrected chi connectivity index (χ1v) is 9.24. The van der Waals surface area contributed by atoms with E-state index in [1.54, 1.807) is 11.0 Å². The van der Waals surface area contributed by atoms with Crippen molar-refractivity contribution in [1.29, 1.82) is 0 Å². The highest BCUT2D eigenvalue weighted by Gasteiger charge is 2.33. The van der Waals surface area contributed by atoms with Gasteiger partial charge in [0.15, 0.2) is 18.1 Å². The summed E-state index contributed by atoms with van der Waals surface area (Å²) in [6.45, 7) is 4.86. The Morgan fingerprint density at radius 2 is 2.04 bits per heavy atom. The molecule has 1 aliphatic carbocycles. The maximum Gasteiger partial charge on any atom is 0.273 e. The van der Waals surface area contributed by atoms with E-state index in [1.165, 1.54) is 0 Å². The van der Waals surface area contributed by atoms with Crippen LogP contribution in [0.3, 0.4) is 0 Å². The number of rotatable bonds is 9. The predicted molar refractivity (Wildman–Crippen MR) is 99.2 cm³/mol. The predicted octanol–water partition coefficient (Wildman–Crippen LogP) is 2.63. The van der Waals surface area contributed by atoms with Gasteiger partial charge in [-0.1, -0.05) is 37.2 Å². The average Bonchev–Trinajstić information content (AvgIpc) is 3.40. The van der Waals surface area contributed by atoms with Crippen molar-refractivity contribution in [3.63, 3.8) is 0 Å². The molecule has 1 aromatic heterocycles. The second-order valence-corrected chi connectivity index (χ2v) is 7.14. The van der Waals surface area contributed by atoms with Gasteiger partial charge in [0.1, 0.15) is 5.75 Å². The highest BCUT2D eigenvalue weighted by molar-refractivity contribution is 5.92. The molecule has 3 rings (SSSR count). The van der Waals surface area contributed by atoms with Crippen LogP contribution in [-0.4, -0.2) is 41.1 Å². The lowest BCUT2D eigenvalue weighted by Crippen LogP contribution is -2.36. The number of aromatic nitrogens is 1. The second-order valence-electron chi connectivity index (χ2n) is 7.14. The van der Waals surface area contributed by atoms with Gasteiger partial charge in [0.05, 0.1) is 6.54 Å². The van der Waals surface area contributed by atoms with Crippen molar-refractivity contribution in [2.24, 2.45) is 5.92 Å². The van der Waals surface area contributed by atoms with Crippen molar-refractivity contribution in [2.75, 3.05) is 13.2 Å². The zero-order chi connectivity index (χ0) is 19.2. The molecule has 1 fully saturated rings. The number of amides is 2. The number of ether oxygens (including phenoxy) is 1. The molecule has 2 amide bonds. The number of nitrogens with zero attached hydrogens (tertiary/aromatic N) is 2. The van der Waals surface area contributed by atoms with Crippen LogP contribution >= 0.6 is 0 Å². The summed E-state index contributed by atoms with van der Waals surface area (Å²) in [5.74, 6) is 1.13. The lowest BCUT2D eigenvalue weighted by Gasteiger charge is -2.21. The first-order valence-electron chi connectivity index (χ1n) is 9.24. The molecule has 2 aromatic rings. The van der Waals surface area contributed by atoms with E-state index >= 15 is 0 Å². The molecular formula is C20H25N3O4. The Hall–Kier alpha value is -2.83. The normalized spacial score (nSPS) is 13.4. The molecule has 1 aliphatic rings. The number of hydrogen-bond acceptors (Lipinski definition) is 5. The van der Waals surface area contributed by atoms with Gasteiger partial charge in [-0.05, 0) is 30.9 Å². The van der Waals surface area contributed by atoms with Crippen molar-refractivity contribution >= 4 is 11.8 Å². The lowest BCUT2D eigenvalue weighted by atomic mass is 10.2. The van der Waals surface area contributed by atoms with E-state index in [2.05, 4.69) is 10.5 Å². The molecule has 1 N–H and O–H groups in total. The monoisotopic (exact) mass is 371 g/mol. The maximum atomic E-state index is 12.6. The van der Waals surface area contributed by atoms with Gasteiger partial charge in [-0.2, -0.15) is 0 Å². The van der Waals surface area contributed by atoms with Crippen molar-refractivity contribution in [1.82, 2.24) is 15.4 Å². The molecule has 1 heterocycles. The summed E-state index contributed by atoms with van der Waals surface area (Å²) in [5, 5.41) is 6.62. The Labute approximate surface area is 158 Å². The number of benzene rings is 1. The van der Waals surface area contributed by atoms with Gasteiger partial charge in [0.25, 0.3) is 11.8 Å². The molecule has 0 radical (unpaired) electrons. The van der Waals surface area contributed by atoms with Crippen LogP contribution in [0, 0.1) is 5.92 Å². The van der Waals surface area contributed by atoms with E-state index in [-0.39, 0.29) is 36.7 Å². The number of carbonyl (C=O) groups excluding carboxylic acids is 2. The molecule has 0 atom stereocenters. The fraction of sp³-hybridized carbons (Fsp3) is 0.450. The van der Waals surface area contributed by atoms with E-state index in [0.29, 0.717) is 24.0 Å². The minimum absolute atomic E-state index is 0.0314. The molecular weight excluding hydrogens is 346 g/mol. The molecule has 1 saturated carbocycles. The lowest BCUT2D eigenvalue weighted by molar-refractivity contribution is -0.134. The third kappa shape index (κ3) is 5.57. The Morgan fingerprint density at radius 3 is 2.70 bits per heavy atom. The molecule has 0 saturated heterocycles. The molecule has 7 heteroatoms. The highest BCUT2D eigenvalue weighted by Crippen LogP contribution is 2.28. The third-order valence-corrected chi connectivity index (χ3v) is 4.20. The van der Waals surface area contributed by atoms with Crippen LogP contribution in [-0.2, 0) is 11.3 Å². The smallest absolute Gasteiger partial charge is 0.273 e. The Morgan fingerprint density at radius 1 is 1.30 bits per heavy atom. The van der Waals surface area contributed by atoms with E-state index in [9.17, 15) is 9.59 Å². The molecule has 144 valence electrons. The van der Waals surface area contributed by atoms with Crippen LogP contribution in [0.25, 0.3) is 0 Å². The summed E-state index contributed by atoms with van der Waals surface area (Å²) < 4.78 is 10.8. The SMILES string of the molecule is CC(C)CNC(=O)c1cc(CN(C(=O)COc2ccccc2)C2CC2)on1. The van der Waals surface area contributed by atoms with Crippen molar-refractivity contribution in [3.8, 4) is 5.75 Å². The van der Waals surface area contributed by atoms with Crippen molar-refractivity contribution in [2.45, 2.75) is 39.3 Å². The molecule has 0 bridgehead atoms. The summed E-state index contributed by atoms with van der Waals surface area (Å²) in [5.41, 5.74) is 0.231. The first kappa shape index (κ1) is 18.9. The summed E-state index contributed by atoms with van der Waals surface area (Å²) in [6.07, 6.45) is 1.93. The van der Waals surface area contributed by atoms with Gasteiger partial charge in [-0.25, -0.2) is 0 Å². The first-order chi connectivity index (χ1) is 13.0. The third-order valence-electron chi connectivity index (χ3n) is 4.20. The Kier molecular flexibility index (Phi) is 6.11. The Balaban J connectivity index is 1.56. The van der Waals surface area contributed by atoms with E-state index in [0.717, 1.165) is 12.8 Å². The number of hydrogen-bond donors (Lipinski definition) is 1. The van der Waals surface area contributed by atoms with Crippen LogP contribution in [0.15, 0.2) is 40.9 Å². The number of carbonyl (C=O) groups is 2. The Bertz CT molecular complexity index is 769. The summed E-state index contributed by atoms with van der Waals surface area (Å²) in [4.78, 5) is 26.4. The minimum Gasteiger partial charge on any atom is -0.484 e. The molecule has 1 aromatic carbocycles. The van der Waals surface area contributed by atoms with Gasteiger partial charge in [-0.15, -0.1) is 0 Å². The number of nitrogens with one attached hydrogen (secondary N) is 1. The van der Waals surface area contributed by atoms with Crippen LogP contribution < -0.4 is 10.1 Å². The van der Waals surface area contributed by atoms with Gasteiger partial charge in [0.2, 0.25) is 0 Å². The van der Waals surface area contributed by atoms with Gasteiger partial charge in [-0.3, -0.25) is 9.59 Å². The van der Waals surface area contributed by atoms with Crippen molar-refractivity contribution in [3.05, 3.63) is 47.9 Å². The second kappa shape index (κ2) is 8.70. The van der Waals surface area contributed by atoms with E-state index in [4.69, 9.17) is 9.26 Å². The minimum atomic E-state index is -0.268. The summed E-state index contributed by atoms with van der Waals surface area (Å²) >= 11 is 0. The van der Waals surface area contributed by atoms with Crippen LogP contribution in [0.2, 0.25) is 0 Å². The molecule has 0 spiro atoms.